The molecule has 1 aromatic rings. The van der Waals surface area contributed by atoms with E-state index in [1.807, 2.05) is 19.1 Å². The molecule has 17 heavy (non-hydrogen) atoms. The third kappa shape index (κ3) is 3.47. The maximum atomic E-state index is 9.49. The molecule has 1 N–H and O–H groups in total. The summed E-state index contributed by atoms with van der Waals surface area (Å²) in [6.07, 6.45) is 6.37. The lowest BCUT2D eigenvalue weighted by molar-refractivity contribution is 0.199. The zero-order chi connectivity index (χ0) is 12.1. The minimum absolute atomic E-state index is 0.364. The summed E-state index contributed by atoms with van der Waals surface area (Å²) in [7, 11) is 0. The highest BCUT2D eigenvalue weighted by Gasteiger charge is 2.09. The van der Waals surface area contributed by atoms with E-state index in [0.717, 1.165) is 5.56 Å². The molecule has 94 valence electrons. The number of aliphatic hydroxyl groups excluding tert-OH is 1. The third-order valence-corrected chi connectivity index (χ3v) is 3.60. The van der Waals surface area contributed by atoms with Crippen molar-refractivity contribution in [2.45, 2.75) is 45.1 Å². The van der Waals surface area contributed by atoms with Gasteiger partial charge in [-0.05, 0) is 37.5 Å². The van der Waals surface area contributed by atoms with Crippen molar-refractivity contribution in [1.29, 1.82) is 0 Å². The van der Waals surface area contributed by atoms with Crippen molar-refractivity contribution in [2.24, 2.45) is 0 Å². The van der Waals surface area contributed by atoms with Crippen LogP contribution >= 0.6 is 0 Å². The molecule has 2 nitrogen and oxygen atoms in total. The Hall–Kier alpha value is -1.02. The number of anilines is 1. The van der Waals surface area contributed by atoms with Crippen LogP contribution in [-0.2, 0) is 0 Å². The van der Waals surface area contributed by atoms with Crippen LogP contribution < -0.4 is 4.90 Å². The van der Waals surface area contributed by atoms with E-state index in [1.54, 1.807) is 0 Å². The number of benzene rings is 1. The Kier molecular flexibility index (Phi) is 4.43. The molecule has 0 unspecified atom stereocenters. The molecule has 2 rings (SSSR count). The van der Waals surface area contributed by atoms with Gasteiger partial charge in [0.2, 0.25) is 0 Å². The summed E-state index contributed by atoms with van der Waals surface area (Å²) in [6.45, 7) is 4.16. The van der Waals surface area contributed by atoms with Crippen molar-refractivity contribution < 1.29 is 5.11 Å². The van der Waals surface area contributed by atoms with Crippen LogP contribution in [0.5, 0.6) is 0 Å². The lowest BCUT2D eigenvalue weighted by Gasteiger charge is -2.27. The Labute approximate surface area is 104 Å². The molecule has 1 aliphatic heterocycles. The fourth-order valence-electron chi connectivity index (χ4n) is 2.47. The van der Waals surface area contributed by atoms with Crippen molar-refractivity contribution in [1.82, 2.24) is 0 Å². The first-order chi connectivity index (χ1) is 8.27. The lowest BCUT2D eigenvalue weighted by atomic mass is 10.1. The molecule has 1 fully saturated rings. The van der Waals surface area contributed by atoms with E-state index in [9.17, 15) is 5.11 Å². The molecular weight excluding hydrogens is 210 g/mol. The van der Waals surface area contributed by atoms with E-state index in [0.29, 0.717) is 0 Å². The highest BCUT2D eigenvalue weighted by Crippen LogP contribution is 2.21. The van der Waals surface area contributed by atoms with Crippen molar-refractivity contribution in [3.8, 4) is 0 Å². The van der Waals surface area contributed by atoms with Gasteiger partial charge >= 0.3 is 0 Å². The van der Waals surface area contributed by atoms with Crippen molar-refractivity contribution in [3.05, 3.63) is 29.8 Å². The Morgan fingerprint density at radius 3 is 2.00 bits per heavy atom. The van der Waals surface area contributed by atoms with Crippen LogP contribution in [0.2, 0.25) is 0 Å². The van der Waals surface area contributed by atoms with Gasteiger partial charge in [0.25, 0.3) is 0 Å². The van der Waals surface area contributed by atoms with Crippen molar-refractivity contribution in [2.75, 3.05) is 18.0 Å². The quantitative estimate of drug-likeness (QED) is 0.845. The molecule has 1 aliphatic rings. The second-order valence-corrected chi connectivity index (χ2v) is 5.02. The Morgan fingerprint density at radius 2 is 1.47 bits per heavy atom. The summed E-state index contributed by atoms with van der Waals surface area (Å²) in [5.41, 5.74) is 2.30. The van der Waals surface area contributed by atoms with E-state index >= 15 is 0 Å². The summed E-state index contributed by atoms with van der Waals surface area (Å²) in [5.74, 6) is 0. The molecule has 0 amide bonds. The predicted octanol–water partition coefficient (Wildman–Crippen LogP) is 3.51. The maximum absolute atomic E-state index is 9.49. The van der Waals surface area contributed by atoms with E-state index in [1.165, 1.54) is 50.9 Å². The number of rotatable bonds is 2. The first-order valence-corrected chi connectivity index (χ1v) is 6.80. The molecule has 1 saturated heterocycles. The number of aliphatic hydroxyl groups is 1. The molecular formula is C15H23NO. The normalized spacial score (nSPS) is 19.5. The zero-order valence-electron chi connectivity index (χ0n) is 10.7. The third-order valence-electron chi connectivity index (χ3n) is 3.60. The number of hydrogen-bond acceptors (Lipinski definition) is 2. The second-order valence-electron chi connectivity index (χ2n) is 5.02. The van der Waals surface area contributed by atoms with Gasteiger partial charge in [-0.25, -0.2) is 0 Å². The first-order valence-electron chi connectivity index (χ1n) is 6.80. The van der Waals surface area contributed by atoms with Crippen LogP contribution in [0.3, 0.4) is 0 Å². The van der Waals surface area contributed by atoms with Crippen LogP contribution in [-0.4, -0.2) is 18.2 Å². The molecule has 0 bridgehead atoms. The van der Waals surface area contributed by atoms with Crippen LogP contribution in [0.4, 0.5) is 5.69 Å². The summed E-state index contributed by atoms with van der Waals surface area (Å²) in [4.78, 5) is 2.48. The molecule has 0 radical (unpaired) electrons. The lowest BCUT2D eigenvalue weighted by Crippen LogP contribution is -2.26. The number of nitrogens with zero attached hydrogens (tertiary/aromatic N) is 1. The minimum atomic E-state index is -0.364. The molecule has 0 aliphatic carbocycles. The molecule has 0 aromatic heterocycles. The summed E-state index contributed by atoms with van der Waals surface area (Å²) in [5, 5.41) is 9.49. The van der Waals surface area contributed by atoms with Gasteiger partial charge < -0.3 is 10.0 Å². The van der Waals surface area contributed by atoms with Gasteiger partial charge in [0, 0.05) is 18.8 Å². The van der Waals surface area contributed by atoms with Gasteiger partial charge in [0.05, 0.1) is 6.10 Å². The average Bonchev–Trinajstić information content (AvgIpc) is 2.29. The van der Waals surface area contributed by atoms with Crippen molar-refractivity contribution in [3.63, 3.8) is 0 Å². The van der Waals surface area contributed by atoms with Crippen LogP contribution in [0, 0.1) is 0 Å². The summed E-state index contributed by atoms with van der Waals surface area (Å²) < 4.78 is 0. The van der Waals surface area contributed by atoms with Gasteiger partial charge in [-0.2, -0.15) is 0 Å². The zero-order valence-corrected chi connectivity index (χ0v) is 10.7. The number of hydrogen-bond donors (Lipinski definition) is 1. The topological polar surface area (TPSA) is 23.5 Å². The first kappa shape index (κ1) is 12.4. The van der Waals surface area contributed by atoms with Crippen LogP contribution in [0.15, 0.2) is 24.3 Å². The van der Waals surface area contributed by atoms with Crippen LogP contribution in [0.25, 0.3) is 0 Å². The fraction of sp³-hybridized carbons (Fsp3) is 0.600. The van der Waals surface area contributed by atoms with Gasteiger partial charge in [0.15, 0.2) is 0 Å². The predicted molar refractivity (Wildman–Crippen MR) is 72.4 cm³/mol. The molecule has 0 saturated carbocycles. The second kappa shape index (κ2) is 6.06. The van der Waals surface area contributed by atoms with E-state index in [2.05, 4.69) is 17.0 Å². The minimum Gasteiger partial charge on any atom is -0.389 e. The van der Waals surface area contributed by atoms with E-state index in [-0.39, 0.29) is 6.10 Å². The SMILES string of the molecule is C[C@@H](O)c1ccc(N2CCCCCCC2)cc1. The van der Waals surface area contributed by atoms with Crippen LogP contribution in [0.1, 0.15) is 50.7 Å². The standard InChI is InChI=1S/C15H23NO/c1-13(17)14-7-9-15(10-8-14)16-11-5-3-2-4-6-12-16/h7-10,13,17H,2-6,11-12H2,1H3/t13-/m1/s1. The largest absolute Gasteiger partial charge is 0.389 e. The molecule has 1 aromatic carbocycles. The highest BCUT2D eigenvalue weighted by molar-refractivity contribution is 5.47. The Balaban J connectivity index is 2.04. The Morgan fingerprint density at radius 1 is 0.941 bits per heavy atom. The molecule has 1 heterocycles. The average molecular weight is 233 g/mol. The van der Waals surface area contributed by atoms with Gasteiger partial charge in [-0.1, -0.05) is 31.4 Å². The van der Waals surface area contributed by atoms with Gasteiger partial charge in [-0.3, -0.25) is 0 Å². The molecule has 1 atom stereocenters. The smallest absolute Gasteiger partial charge is 0.0761 e. The Bertz CT molecular complexity index is 323. The summed E-state index contributed by atoms with van der Waals surface area (Å²) >= 11 is 0. The van der Waals surface area contributed by atoms with E-state index in [4.69, 9.17) is 0 Å². The maximum Gasteiger partial charge on any atom is 0.0761 e. The monoisotopic (exact) mass is 233 g/mol. The fourth-order valence-corrected chi connectivity index (χ4v) is 2.47. The van der Waals surface area contributed by atoms with Crippen molar-refractivity contribution >= 4 is 5.69 Å². The molecule has 0 spiro atoms. The summed E-state index contributed by atoms with van der Waals surface area (Å²) in [6, 6.07) is 8.37. The van der Waals surface area contributed by atoms with Gasteiger partial charge in [0.1, 0.15) is 0 Å². The highest BCUT2D eigenvalue weighted by atomic mass is 16.3. The van der Waals surface area contributed by atoms with Gasteiger partial charge in [-0.15, -0.1) is 0 Å². The van der Waals surface area contributed by atoms with E-state index < -0.39 is 0 Å². The molecule has 2 heteroatoms.